The molecule has 1 rings (SSSR count). The molecule has 1 aromatic rings. The zero-order valence-electron chi connectivity index (χ0n) is 10.6. The van der Waals surface area contributed by atoms with Gasteiger partial charge in [-0.25, -0.2) is 5.06 Å². The first-order valence-electron chi connectivity index (χ1n) is 6.21. The van der Waals surface area contributed by atoms with Crippen LogP contribution in [-0.4, -0.2) is 23.2 Å². The molecule has 0 unspecified atom stereocenters. The van der Waals surface area contributed by atoms with Crippen molar-refractivity contribution in [3.8, 4) is 0 Å². The Morgan fingerprint density at radius 3 is 2.59 bits per heavy atom. The van der Waals surface area contributed by atoms with E-state index in [0.29, 0.717) is 10.6 Å². The smallest absolute Gasteiger partial charge is 0.277 e. The summed E-state index contributed by atoms with van der Waals surface area (Å²) in [6, 6.07) is 7.49. The summed E-state index contributed by atoms with van der Waals surface area (Å²) in [5, 5.41) is 9.84. The molecule has 1 amide bonds. The topological polar surface area (TPSA) is 40.5 Å². The highest BCUT2D eigenvalue weighted by atomic mass is 16.5. The molecule has 0 atom stereocenters. The summed E-state index contributed by atoms with van der Waals surface area (Å²) < 4.78 is 0. The lowest BCUT2D eigenvalue weighted by molar-refractivity contribution is -0.0375. The Hall–Kier alpha value is -1.35. The third kappa shape index (κ3) is 4.19. The van der Waals surface area contributed by atoms with Gasteiger partial charge < -0.3 is 0 Å². The van der Waals surface area contributed by atoms with Crippen LogP contribution in [0.3, 0.4) is 0 Å². The number of carbonyl (C=O) groups excluding carboxylic acids is 1. The largest absolute Gasteiger partial charge is 0.286 e. The van der Waals surface area contributed by atoms with Gasteiger partial charge in [0, 0.05) is 12.6 Å². The van der Waals surface area contributed by atoms with Crippen molar-refractivity contribution < 1.29 is 10.0 Å². The van der Waals surface area contributed by atoms with E-state index in [1.807, 2.05) is 18.2 Å². The summed E-state index contributed by atoms with van der Waals surface area (Å²) >= 11 is 0. The van der Waals surface area contributed by atoms with Crippen molar-refractivity contribution in [2.45, 2.75) is 39.0 Å². The third-order valence-corrected chi connectivity index (χ3v) is 2.84. The first kappa shape index (κ1) is 13.7. The Kier molecular flexibility index (Phi) is 5.70. The second-order valence-corrected chi connectivity index (χ2v) is 4.30. The molecule has 0 radical (unpaired) electrons. The fourth-order valence-electron chi connectivity index (χ4n) is 1.86. The highest BCUT2D eigenvalue weighted by molar-refractivity contribution is 5.94. The molecule has 1 aromatic carbocycles. The Bertz CT molecular complexity index is 361. The maximum absolute atomic E-state index is 11.7. The van der Waals surface area contributed by atoms with Crippen LogP contribution in [0.25, 0.3) is 0 Å². The summed E-state index contributed by atoms with van der Waals surface area (Å²) in [6.45, 7) is 2.18. The molecule has 3 heteroatoms. The predicted octanol–water partition coefficient (Wildman–Crippen LogP) is 3.27. The highest BCUT2D eigenvalue weighted by Crippen LogP contribution is 2.14. The van der Waals surface area contributed by atoms with Crippen LogP contribution in [-0.2, 0) is 6.42 Å². The molecular formula is C14H21NO2. The van der Waals surface area contributed by atoms with Gasteiger partial charge in [-0.15, -0.1) is 0 Å². The number of unbranched alkanes of at least 4 members (excludes halogenated alkanes) is 3. The van der Waals surface area contributed by atoms with E-state index < -0.39 is 0 Å². The van der Waals surface area contributed by atoms with Gasteiger partial charge in [-0.3, -0.25) is 10.0 Å². The number of hydroxylamine groups is 2. The van der Waals surface area contributed by atoms with Crippen LogP contribution in [0.5, 0.6) is 0 Å². The number of carbonyl (C=O) groups is 1. The Morgan fingerprint density at radius 1 is 1.24 bits per heavy atom. The molecule has 0 saturated carbocycles. The molecule has 0 aliphatic carbocycles. The minimum atomic E-state index is -0.337. The second-order valence-electron chi connectivity index (χ2n) is 4.30. The minimum Gasteiger partial charge on any atom is -0.286 e. The van der Waals surface area contributed by atoms with Crippen molar-refractivity contribution in [3.63, 3.8) is 0 Å². The van der Waals surface area contributed by atoms with Gasteiger partial charge in [-0.05, 0) is 24.5 Å². The van der Waals surface area contributed by atoms with Crippen molar-refractivity contribution in [2.24, 2.45) is 0 Å². The normalized spacial score (nSPS) is 10.3. The summed E-state index contributed by atoms with van der Waals surface area (Å²) in [5.41, 5.74) is 1.63. The minimum absolute atomic E-state index is 0.337. The van der Waals surface area contributed by atoms with Gasteiger partial charge in [0.2, 0.25) is 0 Å². The molecular weight excluding hydrogens is 214 g/mol. The maximum Gasteiger partial charge on any atom is 0.277 e. The Morgan fingerprint density at radius 2 is 1.94 bits per heavy atom. The van der Waals surface area contributed by atoms with Gasteiger partial charge in [-0.2, -0.15) is 0 Å². The molecule has 0 saturated heterocycles. The lowest BCUT2D eigenvalue weighted by atomic mass is 10.0. The number of aryl methyl sites for hydroxylation is 1. The van der Waals surface area contributed by atoms with Crippen LogP contribution in [0.15, 0.2) is 24.3 Å². The average molecular weight is 235 g/mol. The lowest BCUT2D eigenvalue weighted by Gasteiger charge is -2.12. The predicted molar refractivity (Wildman–Crippen MR) is 68.2 cm³/mol. The summed E-state index contributed by atoms with van der Waals surface area (Å²) in [7, 11) is 1.36. The molecule has 94 valence electrons. The molecule has 0 heterocycles. The van der Waals surface area contributed by atoms with Crippen LogP contribution in [0.1, 0.15) is 48.5 Å². The van der Waals surface area contributed by atoms with Crippen molar-refractivity contribution >= 4 is 5.91 Å². The van der Waals surface area contributed by atoms with Crippen LogP contribution in [0.2, 0.25) is 0 Å². The summed E-state index contributed by atoms with van der Waals surface area (Å²) in [4.78, 5) is 11.7. The standard InChI is InChI=1S/C14H21NO2/c1-3-4-5-6-9-12-10-7-8-11-13(12)14(16)15(2)17/h7-8,10-11,17H,3-6,9H2,1-2H3. The summed E-state index contributed by atoms with van der Waals surface area (Å²) in [5.74, 6) is -0.337. The first-order valence-corrected chi connectivity index (χ1v) is 6.21. The van der Waals surface area contributed by atoms with Gasteiger partial charge in [0.25, 0.3) is 5.91 Å². The molecule has 1 N–H and O–H groups in total. The zero-order valence-corrected chi connectivity index (χ0v) is 10.6. The molecule has 0 spiro atoms. The quantitative estimate of drug-likeness (QED) is 0.467. The van der Waals surface area contributed by atoms with E-state index in [1.165, 1.54) is 26.3 Å². The molecule has 17 heavy (non-hydrogen) atoms. The zero-order chi connectivity index (χ0) is 12.7. The molecule has 3 nitrogen and oxygen atoms in total. The van der Waals surface area contributed by atoms with Crippen molar-refractivity contribution in [3.05, 3.63) is 35.4 Å². The molecule has 0 fully saturated rings. The molecule has 0 aliphatic rings. The average Bonchev–Trinajstić information content (AvgIpc) is 2.34. The fourth-order valence-corrected chi connectivity index (χ4v) is 1.86. The number of nitrogens with zero attached hydrogens (tertiary/aromatic N) is 1. The van der Waals surface area contributed by atoms with Crippen LogP contribution >= 0.6 is 0 Å². The van der Waals surface area contributed by atoms with Crippen molar-refractivity contribution in [2.75, 3.05) is 7.05 Å². The summed E-state index contributed by atoms with van der Waals surface area (Å²) in [6.07, 6.45) is 5.62. The monoisotopic (exact) mass is 235 g/mol. The second kappa shape index (κ2) is 7.07. The highest BCUT2D eigenvalue weighted by Gasteiger charge is 2.13. The van der Waals surface area contributed by atoms with Crippen LogP contribution in [0.4, 0.5) is 0 Å². The first-order chi connectivity index (χ1) is 8.16. The number of hydrogen-bond acceptors (Lipinski definition) is 2. The lowest BCUT2D eigenvalue weighted by Crippen LogP contribution is -2.23. The SMILES string of the molecule is CCCCCCc1ccccc1C(=O)N(C)O. The number of amides is 1. The van der Waals surface area contributed by atoms with E-state index in [4.69, 9.17) is 0 Å². The molecule has 0 bridgehead atoms. The maximum atomic E-state index is 11.7. The van der Waals surface area contributed by atoms with E-state index in [1.54, 1.807) is 6.07 Å². The van der Waals surface area contributed by atoms with E-state index in [2.05, 4.69) is 6.92 Å². The van der Waals surface area contributed by atoms with E-state index in [0.717, 1.165) is 18.4 Å². The van der Waals surface area contributed by atoms with Gasteiger partial charge in [0.1, 0.15) is 0 Å². The number of hydrogen-bond donors (Lipinski definition) is 1. The Balaban J connectivity index is 2.68. The third-order valence-electron chi connectivity index (χ3n) is 2.84. The van der Waals surface area contributed by atoms with Crippen LogP contribution < -0.4 is 0 Å². The van der Waals surface area contributed by atoms with Crippen molar-refractivity contribution in [1.82, 2.24) is 5.06 Å². The van der Waals surface area contributed by atoms with Gasteiger partial charge in [-0.1, -0.05) is 44.4 Å². The van der Waals surface area contributed by atoms with Gasteiger partial charge in [0.15, 0.2) is 0 Å². The van der Waals surface area contributed by atoms with E-state index >= 15 is 0 Å². The van der Waals surface area contributed by atoms with Crippen LogP contribution in [0, 0.1) is 0 Å². The number of rotatable bonds is 6. The van der Waals surface area contributed by atoms with Crippen molar-refractivity contribution in [1.29, 1.82) is 0 Å². The van der Waals surface area contributed by atoms with E-state index in [-0.39, 0.29) is 5.91 Å². The molecule has 0 aromatic heterocycles. The van der Waals surface area contributed by atoms with Gasteiger partial charge >= 0.3 is 0 Å². The Labute approximate surface area is 103 Å². The van der Waals surface area contributed by atoms with Gasteiger partial charge in [0.05, 0.1) is 0 Å². The fraction of sp³-hybridized carbons (Fsp3) is 0.500. The van der Waals surface area contributed by atoms with E-state index in [9.17, 15) is 10.0 Å². The molecule has 0 aliphatic heterocycles. The number of benzene rings is 1.